The molecular formula is C31H30N2O3. The standard InChI is InChI=1S/C31H30N2O3/c1-35-30-19-24(21-32-28-15-14-25-7-3-4-8-27(25)20-28)11-16-29(30)36-22-23-9-12-26(13-10-23)31(34)33-17-5-2-6-18-33/h3-4,7-16,19-21H,2,5-6,17-18,22H2,1H3. The quantitative estimate of drug-likeness (QED) is 0.274. The molecular weight excluding hydrogens is 448 g/mol. The Morgan fingerprint density at radius 1 is 0.861 bits per heavy atom. The summed E-state index contributed by atoms with van der Waals surface area (Å²) < 4.78 is 11.6. The van der Waals surface area contributed by atoms with Crippen molar-refractivity contribution in [1.82, 2.24) is 4.90 Å². The van der Waals surface area contributed by atoms with E-state index in [9.17, 15) is 4.79 Å². The molecule has 0 atom stereocenters. The molecule has 36 heavy (non-hydrogen) atoms. The van der Waals surface area contributed by atoms with Crippen LogP contribution in [0.15, 0.2) is 89.9 Å². The average molecular weight is 479 g/mol. The van der Waals surface area contributed by atoms with Gasteiger partial charge in [-0.25, -0.2) is 0 Å². The number of carbonyl (C=O) groups excluding carboxylic acids is 1. The van der Waals surface area contributed by atoms with Gasteiger partial charge in [0.2, 0.25) is 0 Å². The minimum Gasteiger partial charge on any atom is -0.493 e. The summed E-state index contributed by atoms with van der Waals surface area (Å²) in [7, 11) is 1.63. The molecule has 0 unspecified atom stereocenters. The molecule has 5 nitrogen and oxygen atoms in total. The summed E-state index contributed by atoms with van der Waals surface area (Å²) in [5.74, 6) is 1.42. The minimum absolute atomic E-state index is 0.116. The number of fused-ring (bicyclic) bond motifs is 1. The first kappa shape index (κ1) is 23.6. The fourth-order valence-corrected chi connectivity index (χ4v) is 4.47. The highest BCUT2D eigenvalue weighted by Crippen LogP contribution is 2.29. The molecule has 1 heterocycles. The molecule has 0 bridgehead atoms. The Kier molecular flexibility index (Phi) is 7.27. The first-order valence-electron chi connectivity index (χ1n) is 12.4. The van der Waals surface area contributed by atoms with Gasteiger partial charge in [0.15, 0.2) is 11.5 Å². The van der Waals surface area contributed by atoms with E-state index in [1.165, 1.54) is 11.8 Å². The molecule has 1 saturated heterocycles. The number of methoxy groups -OCH3 is 1. The molecule has 4 aromatic carbocycles. The van der Waals surface area contributed by atoms with Gasteiger partial charge in [0.05, 0.1) is 12.8 Å². The smallest absolute Gasteiger partial charge is 0.253 e. The lowest BCUT2D eigenvalue weighted by Gasteiger charge is -2.26. The van der Waals surface area contributed by atoms with Crippen LogP contribution in [0.4, 0.5) is 5.69 Å². The summed E-state index contributed by atoms with van der Waals surface area (Å²) in [4.78, 5) is 19.3. The molecule has 1 aliphatic heterocycles. The van der Waals surface area contributed by atoms with Crippen LogP contribution in [0.25, 0.3) is 10.8 Å². The second kappa shape index (κ2) is 11.1. The van der Waals surface area contributed by atoms with Crippen molar-refractivity contribution in [2.45, 2.75) is 25.9 Å². The average Bonchev–Trinajstić information content (AvgIpc) is 2.95. The predicted molar refractivity (Wildman–Crippen MR) is 145 cm³/mol. The number of aliphatic imine (C=N–C) groups is 1. The van der Waals surface area contributed by atoms with Gasteiger partial charge in [-0.05, 0) is 83.6 Å². The highest BCUT2D eigenvalue weighted by Gasteiger charge is 2.18. The number of likely N-dealkylation sites (tertiary alicyclic amines) is 1. The van der Waals surface area contributed by atoms with Crippen LogP contribution in [0.3, 0.4) is 0 Å². The number of ether oxygens (including phenoxy) is 2. The number of carbonyl (C=O) groups is 1. The second-order valence-corrected chi connectivity index (χ2v) is 9.04. The van der Waals surface area contributed by atoms with Crippen LogP contribution in [0.5, 0.6) is 11.5 Å². The van der Waals surface area contributed by atoms with Gasteiger partial charge in [-0.1, -0.05) is 42.5 Å². The van der Waals surface area contributed by atoms with Crippen LogP contribution in [0, 0.1) is 0 Å². The van der Waals surface area contributed by atoms with Gasteiger partial charge in [-0.2, -0.15) is 0 Å². The highest BCUT2D eigenvalue weighted by molar-refractivity contribution is 5.94. The van der Waals surface area contributed by atoms with Crippen molar-refractivity contribution in [3.63, 3.8) is 0 Å². The lowest BCUT2D eigenvalue weighted by Crippen LogP contribution is -2.35. The molecule has 0 saturated carbocycles. The lowest BCUT2D eigenvalue weighted by molar-refractivity contribution is 0.0724. The molecule has 0 N–H and O–H groups in total. The molecule has 0 aliphatic carbocycles. The highest BCUT2D eigenvalue weighted by atomic mass is 16.5. The Balaban J connectivity index is 1.22. The first-order chi connectivity index (χ1) is 17.7. The van der Waals surface area contributed by atoms with Crippen molar-refractivity contribution < 1.29 is 14.3 Å². The van der Waals surface area contributed by atoms with Crippen LogP contribution in [-0.4, -0.2) is 37.2 Å². The van der Waals surface area contributed by atoms with E-state index in [4.69, 9.17) is 9.47 Å². The summed E-state index contributed by atoms with van der Waals surface area (Å²) in [5, 5.41) is 2.36. The van der Waals surface area contributed by atoms with Crippen LogP contribution < -0.4 is 9.47 Å². The van der Waals surface area contributed by atoms with Gasteiger partial charge < -0.3 is 14.4 Å². The first-order valence-corrected chi connectivity index (χ1v) is 12.4. The summed E-state index contributed by atoms with van der Waals surface area (Å²) in [6, 6.07) is 27.9. The Morgan fingerprint density at radius 3 is 2.42 bits per heavy atom. The zero-order chi connectivity index (χ0) is 24.7. The number of amides is 1. The lowest BCUT2D eigenvalue weighted by atomic mass is 10.1. The second-order valence-electron chi connectivity index (χ2n) is 9.04. The van der Waals surface area contributed by atoms with Gasteiger partial charge in [-0.15, -0.1) is 0 Å². The van der Waals surface area contributed by atoms with E-state index in [1.807, 2.05) is 71.8 Å². The van der Waals surface area contributed by atoms with E-state index in [0.717, 1.165) is 53.7 Å². The number of piperidine rings is 1. The van der Waals surface area contributed by atoms with E-state index in [-0.39, 0.29) is 5.91 Å². The van der Waals surface area contributed by atoms with Gasteiger partial charge in [0, 0.05) is 24.9 Å². The van der Waals surface area contributed by atoms with Crippen LogP contribution >= 0.6 is 0 Å². The maximum Gasteiger partial charge on any atom is 0.253 e. The fourth-order valence-electron chi connectivity index (χ4n) is 4.47. The molecule has 1 fully saturated rings. The van der Waals surface area contributed by atoms with Crippen LogP contribution in [0.1, 0.15) is 40.7 Å². The Hall–Kier alpha value is -4.12. The van der Waals surface area contributed by atoms with E-state index in [1.54, 1.807) is 7.11 Å². The Labute approximate surface area is 212 Å². The Morgan fingerprint density at radius 2 is 1.64 bits per heavy atom. The monoisotopic (exact) mass is 478 g/mol. The normalized spacial score (nSPS) is 13.8. The molecule has 5 rings (SSSR count). The SMILES string of the molecule is COc1cc(C=Nc2ccc3ccccc3c2)ccc1OCc1ccc(C(=O)N2CCCCC2)cc1. The van der Waals surface area contributed by atoms with Crippen LogP contribution in [0.2, 0.25) is 0 Å². The number of hydrogen-bond acceptors (Lipinski definition) is 4. The molecule has 1 amide bonds. The van der Waals surface area contributed by atoms with Gasteiger partial charge in [0.25, 0.3) is 5.91 Å². The van der Waals surface area contributed by atoms with Gasteiger partial charge in [-0.3, -0.25) is 9.79 Å². The zero-order valence-corrected chi connectivity index (χ0v) is 20.5. The molecule has 0 spiro atoms. The predicted octanol–water partition coefficient (Wildman–Crippen LogP) is 6.80. The molecule has 5 heteroatoms. The maximum atomic E-state index is 12.7. The Bertz CT molecular complexity index is 1370. The van der Waals surface area contributed by atoms with Crippen molar-refractivity contribution in [1.29, 1.82) is 0 Å². The number of hydrogen-bond donors (Lipinski definition) is 0. The van der Waals surface area contributed by atoms with E-state index >= 15 is 0 Å². The number of rotatable bonds is 7. The summed E-state index contributed by atoms with van der Waals surface area (Å²) in [6.07, 6.45) is 5.22. The van der Waals surface area contributed by atoms with Gasteiger partial charge in [0.1, 0.15) is 6.61 Å². The molecule has 0 aromatic heterocycles. The van der Waals surface area contributed by atoms with Crippen molar-refractivity contribution in [3.8, 4) is 11.5 Å². The zero-order valence-electron chi connectivity index (χ0n) is 20.5. The third-order valence-corrected chi connectivity index (χ3v) is 6.52. The third kappa shape index (κ3) is 5.57. The molecule has 182 valence electrons. The largest absolute Gasteiger partial charge is 0.493 e. The summed E-state index contributed by atoms with van der Waals surface area (Å²) in [5.41, 5.74) is 3.55. The molecule has 0 radical (unpaired) electrons. The maximum absolute atomic E-state index is 12.7. The molecule has 4 aromatic rings. The van der Waals surface area contributed by atoms with Crippen molar-refractivity contribution in [2.75, 3.05) is 20.2 Å². The van der Waals surface area contributed by atoms with Gasteiger partial charge >= 0.3 is 0 Å². The summed E-state index contributed by atoms with van der Waals surface area (Å²) in [6.45, 7) is 2.10. The fraction of sp³-hybridized carbons (Fsp3) is 0.226. The topological polar surface area (TPSA) is 51.1 Å². The van der Waals surface area contributed by atoms with Crippen molar-refractivity contribution >= 4 is 28.6 Å². The van der Waals surface area contributed by atoms with E-state index in [0.29, 0.717) is 18.1 Å². The molecule has 1 aliphatic rings. The minimum atomic E-state index is 0.116. The number of benzene rings is 4. The van der Waals surface area contributed by atoms with E-state index < -0.39 is 0 Å². The number of nitrogens with zero attached hydrogens (tertiary/aromatic N) is 2. The third-order valence-electron chi connectivity index (χ3n) is 6.52. The van der Waals surface area contributed by atoms with Crippen molar-refractivity contribution in [2.24, 2.45) is 4.99 Å². The summed E-state index contributed by atoms with van der Waals surface area (Å²) >= 11 is 0. The van der Waals surface area contributed by atoms with Crippen LogP contribution in [-0.2, 0) is 6.61 Å². The van der Waals surface area contributed by atoms with E-state index in [2.05, 4.69) is 29.3 Å². The van der Waals surface area contributed by atoms with Crippen molar-refractivity contribution in [3.05, 3.63) is 102 Å².